The Balaban J connectivity index is 1.70. The zero-order valence-electron chi connectivity index (χ0n) is 16.7. The number of aryl methyl sites for hydroxylation is 1. The lowest BCUT2D eigenvalue weighted by Gasteiger charge is -2.19. The monoisotopic (exact) mass is 430 g/mol. The van der Waals surface area contributed by atoms with E-state index in [0.717, 1.165) is 16.5 Å². The molecular weight excluding hydrogens is 412 g/mol. The SMILES string of the molecule is Cc1ccc(N2NOC(=O)/C2=C2/CC(c3ccccc3)N=c3ccccc3=N2)cc1Cl. The molecule has 0 saturated carbocycles. The van der Waals surface area contributed by atoms with Gasteiger partial charge < -0.3 is 4.84 Å². The molecule has 0 bridgehead atoms. The van der Waals surface area contributed by atoms with Gasteiger partial charge in [-0.05, 0) is 42.3 Å². The van der Waals surface area contributed by atoms with E-state index in [2.05, 4.69) is 5.59 Å². The summed E-state index contributed by atoms with van der Waals surface area (Å²) in [6.45, 7) is 1.92. The molecular formula is C24H19ClN4O2. The minimum absolute atomic E-state index is 0.187. The molecule has 31 heavy (non-hydrogen) atoms. The van der Waals surface area contributed by atoms with Crippen LogP contribution in [0.1, 0.15) is 23.6 Å². The van der Waals surface area contributed by atoms with E-state index < -0.39 is 5.97 Å². The Morgan fingerprint density at radius 2 is 1.77 bits per heavy atom. The van der Waals surface area contributed by atoms with Gasteiger partial charge in [0.05, 0.1) is 28.1 Å². The number of hydrogen-bond donors (Lipinski definition) is 1. The number of anilines is 1. The molecule has 7 heteroatoms. The molecule has 154 valence electrons. The summed E-state index contributed by atoms with van der Waals surface area (Å²) in [7, 11) is 0. The fraction of sp³-hybridized carbons (Fsp3) is 0.125. The lowest BCUT2D eigenvalue weighted by Crippen LogP contribution is -2.29. The van der Waals surface area contributed by atoms with Gasteiger partial charge in [0.2, 0.25) is 0 Å². The molecule has 1 saturated heterocycles. The van der Waals surface area contributed by atoms with Crippen molar-refractivity contribution >= 4 is 23.3 Å². The number of para-hydroxylation sites is 2. The van der Waals surface area contributed by atoms with Crippen molar-refractivity contribution in [1.29, 1.82) is 0 Å². The average molecular weight is 431 g/mol. The summed E-state index contributed by atoms with van der Waals surface area (Å²) in [6.07, 6.45) is 0.445. The third-order valence-corrected chi connectivity index (χ3v) is 5.74. The molecule has 3 aromatic rings. The molecule has 1 unspecified atom stereocenters. The Hall–Kier alpha value is -3.48. The lowest BCUT2D eigenvalue weighted by molar-refractivity contribution is -0.140. The normalized spacial score (nSPS) is 20.4. The Bertz CT molecular complexity index is 1320. The van der Waals surface area contributed by atoms with E-state index >= 15 is 0 Å². The number of halogens is 1. The molecule has 0 aliphatic carbocycles. The number of benzene rings is 3. The van der Waals surface area contributed by atoms with Crippen LogP contribution in [0.5, 0.6) is 0 Å². The first kappa shape index (κ1) is 19.5. The number of nitrogens with zero attached hydrogens (tertiary/aromatic N) is 3. The van der Waals surface area contributed by atoms with E-state index in [-0.39, 0.29) is 6.04 Å². The molecule has 1 atom stereocenters. The Labute approximate surface area is 184 Å². The maximum atomic E-state index is 12.8. The zero-order chi connectivity index (χ0) is 21.4. The van der Waals surface area contributed by atoms with Crippen LogP contribution in [0.4, 0.5) is 5.69 Å². The molecule has 2 heterocycles. The van der Waals surface area contributed by atoms with Crippen molar-refractivity contribution in [2.24, 2.45) is 9.98 Å². The first-order valence-corrected chi connectivity index (χ1v) is 10.3. The minimum Gasteiger partial charge on any atom is -0.345 e. The summed E-state index contributed by atoms with van der Waals surface area (Å²) >= 11 is 6.32. The molecule has 0 amide bonds. The van der Waals surface area contributed by atoms with Crippen LogP contribution >= 0.6 is 11.6 Å². The van der Waals surface area contributed by atoms with Crippen LogP contribution in [-0.2, 0) is 9.63 Å². The first-order chi connectivity index (χ1) is 15.1. The number of carbonyl (C=O) groups is 1. The van der Waals surface area contributed by atoms with Crippen molar-refractivity contribution in [3.05, 3.63) is 111 Å². The highest BCUT2D eigenvalue weighted by Gasteiger charge is 2.34. The summed E-state index contributed by atoms with van der Waals surface area (Å²) in [5, 5.41) is 3.69. The minimum atomic E-state index is -0.498. The van der Waals surface area contributed by atoms with Crippen LogP contribution in [0, 0.1) is 6.92 Å². The number of nitrogens with one attached hydrogen (secondary N) is 1. The molecule has 5 rings (SSSR count). The third-order valence-electron chi connectivity index (χ3n) is 5.34. The van der Waals surface area contributed by atoms with Gasteiger partial charge in [-0.2, -0.15) is 0 Å². The average Bonchev–Trinajstić information content (AvgIpc) is 3.06. The predicted octanol–water partition coefficient (Wildman–Crippen LogP) is 3.73. The van der Waals surface area contributed by atoms with Crippen molar-refractivity contribution in [1.82, 2.24) is 5.59 Å². The van der Waals surface area contributed by atoms with E-state index in [9.17, 15) is 4.79 Å². The fourth-order valence-electron chi connectivity index (χ4n) is 3.69. The van der Waals surface area contributed by atoms with Crippen LogP contribution in [0.25, 0.3) is 0 Å². The smallest absolute Gasteiger partial charge is 0.345 e. The second-order valence-electron chi connectivity index (χ2n) is 7.41. The van der Waals surface area contributed by atoms with Crippen LogP contribution in [0.15, 0.2) is 94.2 Å². The number of fused-ring (bicyclic) bond motifs is 1. The van der Waals surface area contributed by atoms with Gasteiger partial charge in [0, 0.05) is 11.4 Å². The van der Waals surface area contributed by atoms with Gasteiger partial charge in [0.1, 0.15) is 0 Å². The van der Waals surface area contributed by atoms with E-state index in [1.54, 1.807) is 11.1 Å². The third kappa shape index (κ3) is 3.71. The van der Waals surface area contributed by atoms with Gasteiger partial charge in [0.25, 0.3) is 0 Å². The summed E-state index contributed by atoms with van der Waals surface area (Å²) in [6, 6.07) is 23.1. The van der Waals surface area contributed by atoms with Crippen molar-refractivity contribution in [2.45, 2.75) is 19.4 Å². The summed E-state index contributed by atoms with van der Waals surface area (Å²) in [5.41, 5.74) is 6.29. The molecule has 3 aromatic carbocycles. The van der Waals surface area contributed by atoms with Crippen molar-refractivity contribution in [2.75, 3.05) is 5.01 Å². The van der Waals surface area contributed by atoms with E-state index in [1.807, 2.05) is 73.7 Å². The second-order valence-corrected chi connectivity index (χ2v) is 7.81. The number of hydrogen-bond acceptors (Lipinski definition) is 6. The molecule has 0 radical (unpaired) electrons. The molecule has 1 N–H and O–H groups in total. The van der Waals surface area contributed by atoms with Gasteiger partial charge >= 0.3 is 5.97 Å². The van der Waals surface area contributed by atoms with Crippen molar-refractivity contribution in [3.8, 4) is 0 Å². The van der Waals surface area contributed by atoms with Crippen LogP contribution in [0.2, 0.25) is 5.02 Å². The molecule has 0 spiro atoms. The van der Waals surface area contributed by atoms with Gasteiger partial charge in [-0.3, -0.25) is 4.99 Å². The maximum absolute atomic E-state index is 12.8. The van der Waals surface area contributed by atoms with E-state index in [1.165, 1.54) is 0 Å². The Morgan fingerprint density at radius 3 is 2.55 bits per heavy atom. The highest BCUT2D eigenvalue weighted by Crippen LogP contribution is 2.33. The fourth-order valence-corrected chi connectivity index (χ4v) is 3.87. The van der Waals surface area contributed by atoms with E-state index in [4.69, 9.17) is 26.4 Å². The van der Waals surface area contributed by atoms with Crippen molar-refractivity contribution in [3.63, 3.8) is 0 Å². The number of carbonyl (C=O) groups excluding carboxylic acids is 1. The molecule has 2 aliphatic rings. The van der Waals surface area contributed by atoms with Gasteiger partial charge in [0.15, 0.2) is 5.70 Å². The molecule has 0 aromatic heterocycles. The van der Waals surface area contributed by atoms with Gasteiger partial charge in [-0.15, -0.1) is 0 Å². The highest BCUT2D eigenvalue weighted by molar-refractivity contribution is 6.31. The van der Waals surface area contributed by atoms with Gasteiger partial charge in [-0.1, -0.05) is 65.7 Å². The summed E-state index contributed by atoms with van der Waals surface area (Å²) < 4.78 is 0. The quantitative estimate of drug-likeness (QED) is 0.629. The standard InChI is InChI=1S/C24H19ClN4O2/c1-15-11-12-17(13-18(15)25)29-23(24(30)31-28-29)22-14-21(16-7-3-2-4-8-16)26-19-9-5-6-10-20(19)27-22/h2-13,21,28H,14H2,1H3/b23-22+. The Kier molecular flexibility index (Phi) is 5.02. The first-order valence-electron chi connectivity index (χ1n) is 9.93. The zero-order valence-corrected chi connectivity index (χ0v) is 17.5. The topological polar surface area (TPSA) is 66.3 Å². The lowest BCUT2D eigenvalue weighted by atomic mass is 10.0. The predicted molar refractivity (Wildman–Crippen MR) is 117 cm³/mol. The number of rotatable bonds is 2. The maximum Gasteiger partial charge on any atom is 0.378 e. The molecule has 1 fully saturated rings. The second kappa shape index (κ2) is 7.98. The largest absolute Gasteiger partial charge is 0.378 e. The number of hydrazine groups is 1. The van der Waals surface area contributed by atoms with Crippen LogP contribution < -0.4 is 21.3 Å². The highest BCUT2D eigenvalue weighted by atomic mass is 35.5. The van der Waals surface area contributed by atoms with Gasteiger partial charge in [-0.25, -0.2) is 14.8 Å². The van der Waals surface area contributed by atoms with Crippen LogP contribution in [0.3, 0.4) is 0 Å². The van der Waals surface area contributed by atoms with Crippen molar-refractivity contribution < 1.29 is 9.63 Å². The molecule has 2 aliphatic heterocycles. The summed E-state index contributed by atoms with van der Waals surface area (Å²) in [4.78, 5) is 27.7. The molecule has 6 nitrogen and oxygen atoms in total. The van der Waals surface area contributed by atoms with Crippen LogP contribution in [-0.4, -0.2) is 5.97 Å². The summed E-state index contributed by atoms with van der Waals surface area (Å²) in [5.74, 6) is -0.498. The van der Waals surface area contributed by atoms with E-state index in [0.29, 0.717) is 33.9 Å². The Morgan fingerprint density at radius 1 is 1.03 bits per heavy atom.